The molecule has 1 aromatic carbocycles. The number of hydrogen-bond donors (Lipinski definition) is 1. The third-order valence-electron chi connectivity index (χ3n) is 4.40. The Morgan fingerprint density at radius 3 is 2.71 bits per heavy atom. The predicted molar refractivity (Wildman–Crippen MR) is 118 cm³/mol. The van der Waals surface area contributed by atoms with E-state index in [1.807, 2.05) is 13.0 Å². The van der Waals surface area contributed by atoms with Crippen molar-refractivity contribution in [3.05, 3.63) is 84.8 Å². The van der Waals surface area contributed by atoms with Gasteiger partial charge in [0.25, 0.3) is 0 Å². The van der Waals surface area contributed by atoms with Gasteiger partial charge in [-0.2, -0.15) is 0 Å². The fourth-order valence-electron chi connectivity index (χ4n) is 2.91. The molecule has 0 bridgehead atoms. The molecule has 1 aliphatic carbocycles. The Bertz CT molecular complexity index is 1140. The zero-order valence-electron chi connectivity index (χ0n) is 16.2. The Hall–Kier alpha value is -2.79. The normalized spacial score (nSPS) is 14.5. The summed E-state index contributed by atoms with van der Waals surface area (Å²) in [6.07, 6.45) is 8.70. The number of aliphatic hydroxyl groups excluding tert-OH is 1. The number of hydrogen-bond acceptors (Lipinski definition) is 5. The smallest absolute Gasteiger partial charge is 0.346 e. The summed E-state index contributed by atoms with van der Waals surface area (Å²) in [5.41, 5.74) is 2.73. The number of nitrogens with zero attached hydrogens (tertiary/aromatic N) is 1. The van der Waals surface area contributed by atoms with Crippen LogP contribution in [0.1, 0.15) is 37.0 Å². The van der Waals surface area contributed by atoms with Crippen LogP contribution in [0.5, 0.6) is 0 Å². The van der Waals surface area contributed by atoms with Gasteiger partial charge >= 0.3 is 5.63 Å². The second kappa shape index (κ2) is 8.93. The van der Waals surface area contributed by atoms with Gasteiger partial charge in [0, 0.05) is 18.3 Å². The summed E-state index contributed by atoms with van der Waals surface area (Å²) in [6.45, 7) is 4.13. The molecular weight excluding hydrogens is 370 g/mol. The maximum absolute atomic E-state index is 12.5. The van der Waals surface area contributed by atoms with E-state index in [1.165, 1.54) is 23.4 Å². The Morgan fingerprint density at radius 2 is 2.04 bits per heavy atom. The van der Waals surface area contributed by atoms with E-state index in [-0.39, 0.29) is 5.76 Å². The third kappa shape index (κ3) is 4.73. The second-order valence-corrected chi connectivity index (χ2v) is 7.70. The fourth-order valence-corrected chi connectivity index (χ4v) is 3.75. The van der Waals surface area contributed by atoms with Crippen molar-refractivity contribution in [2.75, 3.05) is 7.05 Å². The second-order valence-electron chi connectivity index (χ2n) is 6.46. The molecule has 1 aliphatic rings. The van der Waals surface area contributed by atoms with Gasteiger partial charge in [0.15, 0.2) is 0 Å². The molecule has 28 heavy (non-hydrogen) atoms. The van der Waals surface area contributed by atoms with Crippen molar-refractivity contribution in [1.82, 2.24) is 0 Å². The van der Waals surface area contributed by atoms with Crippen molar-refractivity contribution < 1.29 is 9.52 Å². The van der Waals surface area contributed by atoms with Gasteiger partial charge in [0.1, 0.15) is 16.2 Å². The molecule has 0 saturated heterocycles. The molecule has 1 heterocycles. The summed E-state index contributed by atoms with van der Waals surface area (Å²) in [5, 5.41) is 11.1. The minimum absolute atomic E-state index is 0.0949. The summed E-state index contributed by atoms with van der Waals surface area (Å²) in [6, 6.07) is 10.2. The van der Waals surface area contributed by atoms with E-state index in [9.17, 15) is 9.90 Å². The van der Waals surface area contributed by atoms with Crippen LogP contribution >= 0.6 is 11.8 Å². The van der Waals surface area contributed by atoms with Crippen LogP contribution in [0.4, 0.5) is 0 Å². The molecule has 0 fully saturated rings. The molecule has 0 spiro atoms. The van der Waals surface area contributed by atoms with Crippen molar-refractivity contribution >= 4 is 35.0 Å². The topological polar surface area (TPSA) is 62.8 Å². The summed E-state index contributed by atoms with van der Waals surface area (Å²) in [7, 11) is 1.67. The molecule has 0 radical (unpaired) electrons. The largest absolute Gasteiger partial charge is 0.508 e. The lowest BCUT2D eigenvalue weighted by atomic mass is 10.1. The van der Waals surface area contributed by atoms with Crippen LogP contribution in [-0.4, -0.2) is 17.2 Å². The van der Waals surface area contributed by atoms with Crippen molar-refractivity contribution in [2.24, 2.45) is 4.99 Å². The molecule has 3 rings (SSSR count). The molecule has 0 atom stereocenters. The third-order valence-corrected chi connectivity index (χ3v) is 5.44. The van der Waals surface area contributed by atoms with E-state index in [1.54, 1.807) is 19.2 Å². The Balaban J connectivity index is 1.91. The predicted octanol–water partition coefficient (Wildman–Crippen LogP) is 3.78. The first kappa shape index (κ1) is 20.0. The first-order valence-corrected chi connectivity index (χ1v) is 9.99. The number of aliphatic hydroxyl groups is 1. The quantitative estimate of drug-likeness (QED) is 0.634. The molecule has 0 unspecified atom stereocenters. The van der Waals surface area contributed by atoms with Crippen LogP contribution in [0.3, 0.4) is 0 Å². The van der Waals surface area contributed by atoms with Gasteiger partial charge in [0.2, 0.25) is 0 Å². The zero-order chi connectivity index (χ0) is 20.1. The van der Waals surface area contributed by atoms with Crippen molar-refractivity contribution in [3.8, 4) is 0 Å². The van der Waals surface area contributed by atoms with Gasteiger partial charge in [-0.15, -0.1) is 0 Å². The van der Waals surface area contributed by atoms with E-state index in [4.69, 9.17) is 4.42 Å². The lowest BCUT2D eigenvalue weighted by molar-refractivity contribution is 0.431. The lowest BCUT2D eigenvalue weighted by Crippen LogP contribution is -2.32. The van der Waals surface area contributed by atoms with E-state index in [0.717, 1.165) is 22.1 Å². The molecule has 0 aliphatic heterocycles. The molecule has 1 aromatic heterocycles. The summed E-state index contributed by atoms with van der Waals surface area (Å²) < 4.78 is 5.43. The number of thioether (sulfide) groups is 1. The molecule has 0 saturated carbocycles. The van der Waals surface area contributed by atoms with Crippen LogP contribution in [0, 0.1) is 0 Å². The molecule has 2 aromatic rings. The maximum Gasteiger partial charge on any atom is 0.346 e. The highest BCUT2D eigenvalue weighted by molar-refractivity contribution is 8.17. The molecule has 4 nitrogen and oxygen atoms in total. The highest BCUT2D eigenvalue weighted by atomic mass is 32.2. The van der Waals surface area contributed by atoms with Gasteiger partial charge in [-0.3, -0.25) is 4.99 Å². The standard InChI is InChI=1S/C23H23NO3S/c1-4-16-8-10-17(11-9-16)12-15(2)28-22(24-3)20-13-18-6-5-7-19(25)14-21(18)27-23(20)26/h6-14,25H,4-5H2,1-3H3/b15-12+,24-22?. The average molecular weight is 394 g/mol. The van der Waals surface area contributed by atoms with Crippen LogP contribution < -0.4 is 16.3 Å². The fraction of sp³-hybridized carbons (Fsp3) is 0.217. The highest BCUT2D eigenvalue weighted by Crippen LogP contribution is 2.23. The Morgan fingerprint density at radius 1 is 1.29 bits per heavy atom. The van der Waals surface area contributed by atoms with Crippen LogP contribution in [0.25, 0.3) is 18.2 Å². The van der Waals surface area contributed by atoms with Crippen molar-refractivity contribution in [3.63, 3.8) is 0 Å². The van der Waals surface area contributed by atoms with Gasteiger partial charge in [-0.25, -0.2) is 4.79 Å². The van der Waals surface area contributed by atoms with Crippen molar-refractivity contribution in [1.29, 1.82) is 0 Å². The van der Waals surface area contributed by atoms with E-state index in [2.05, 4.69) is 42.3 Å². The van der Waals surface area contributed by atoms with Crippen LogP contribution in [0.15, 0.2) is 61.3 Å². The molecular formula is C23H23NO3S. The van der Waals surface area contributed by atoms with Crippen molar-refractivity contribution in [2.45, 2.75) is 26.7 Å². The van der Waals surface area contributed by atoms with Gasteiger partial charge in [-0.05, 0) is 54.0 Å². The van der Waals surface area contributed by atoms with Gasteiger partial charge in [0.05, 0.1) is 5.56 Å². The van der Waals surface area contributed by atoms with Crippen LogP contribution in [0.2, 0.25) is 0 Å². The van der Waals surface area contributed by atoms with E-state index >= 15 is 0 Å². The number of rotatable bonds is 4. The average Bonchev–Trinajstić information content (AvgIpc) is 2.86. The molecule has 1 N–H and O–H groups in total. The van der Waals surface area contributed by atoms with Crippen LogP contribution in [-0.2, 0) is 6.42 Å². The Kier molecular flexibility index (Phi) is 6.37. The summed E-state index contributed by atoms with van der Waals surface area (Å²) in [4.78, 5) is 17.8. The lowest BCUT2D eigenvalue weighted by Gasteiger charge is -2.06. The highest BCUT2D eigenvalue weighted by Gasteiger charge is 2.12. The van der Waals surface area contributed by atoms with Gasteiger partial charge in [-0.1, -0.05) is 49.0 Å². The van der Waals surface area contributed by atoms with E-state index in [0.29, 0.717) is 22.4 Å². The number of aliphatic imine (C=N–C) groups is 1. The first-order valence-electron chi connectivity index (χ1n) is 9.17. The number of fused-ring (bicyclic) bond motifs is 1. The molecule has 5 heteroatoms. The monoisotopic (exact) mass is 393 g/mol. The number of aryl methyl sites for hydroxylation is 1. The van der Waals surface area contributed by atoms with E-state index < -0.39 is 5.63 Å². The number of allylic oxidation sites excluding steroid dienone is 3. The number of benzene rings is 1. The first-order chi connectivity index (χ1) is 13.5. The molecule has 0 amide bonds. The van der Waals surface area contributed by atoms with Gasteiger partial charge < -0.3 is 9.52 Å². The SMILES string of the molecule is CCc1ccc(/C=C(\C)SC(=NC)c2cc3c(oc2=O)=CC(O)=CCC=3)cc1. The minimum Gasteiger partial charge on any atom is -0.508 e. The zero-order valence-corrected chi connectivity index (χ0v) is 17.0. The Labute approximate surface area is 168 Å². The summed E-state index contributed by atoms with van der Waals surface area (Å²) >= 11 is 1.44. The molecule has 144 valence electrons. The summed E-state index contributed by atoms with van der Waals surface area (Å²) in [5.74, 6) is 0.0949. The maximum atomic E-state index is 12.5. The minimum atomic E-state index is -0.466.